The van der Waals surface area contributed by atoms with Crippen molar-refractivity contribution in [2.24, 2.45) is 5.84 Å². The minimum Gasteiger partial charge on any atom is -0.358 e. The van der Waals surface area contributed by atoms with Gasteiger partial charge in [0.1, 0.15) is 11.9 Å². The zero-order valence-corrected chi connectivity index (χ0v) is 10.3. The topological polar surface area (TPSA) is 105 Å². The minimum absolute atomic E-state index is 0.109. The Labute approximate surface area is 112 Å². The number of piperidine rings is 1. The average molecular weight is 290 g/mol. The third-order valence-corrected chi connectivity index (χ3v) is 2.75. The summed E-state index contributed by atoms with van der Waals surface area (Å²) in [6.45, 7) is 0.560. The molecular formula is C10H13F3N6O. The summed E-state index contributed by atoms with van der Waals surface area (Å²) >= 11 is 0. The molecule has 1 unspecified atom stereocenters. The van der Waals surface area contributed by atoms with Gasteiger partial charge in [-0.15, -0.1) is 0 Å². The first kappa shape index (κ1) is 14.3. The van der Waals surface area contributed by atoms with E-state index in [0.29, 0.717) is 13.0 Å². The molecule has 1 saturated heterocycles. The lowest BCUT2D eigenvalue weighted by Gasteiger charge is -2.23. The van der Waals surface area contributed by atoms with Crippen LogP contribution in [0.3, 0.4) is 0 Å². The highest BCUT2D eigenvalue weighted by Crippen LogP contribution is 2.29. The standard InChI is InChI=1S/C10H13F3N6O/c11-10(12,13)6-4-7(18-9(17-6)19-14)16-5-2-1-3-15-8(5)20/h4-5H,1-3,14H2,(H,15,20)(H2,16,17,18,19). The summed E-state index contributed by atoms with van der Waals surface area (Å²) in [4.78, 5) is 18.5. The van der Waals surface area contributed by atoms with E-state index in [4.69, 9.17) is 5.84 Å². The quantitative estimate of drug-likeness (QED) is 0.476. The molecule has 0 aliphatic carbocycles. The van der Waals surface area contributed by atoms with Crippen LogP contribution < -0.4 is 21.9 Å². The van der Waals surface area contributed by atoms with Gasteiger partial charge in [-0.05, 0) is 12.8 Å². The third kappa shape index (κ3) is 3.26. The predicted molar refractivity (Wildman–Crippen MR) is 64.5 cm³/mol. The second kappa shape index (κ2) is 5.49. The first-order valence-electron chi connectivity index (χ1n) is 5.87. The number of carbonyl (C=O) groups excluding carboxylic acids is 1. The number of nitrogens with two attached hydrogens (primary N) is 1. The van der Waals surface area contributed by atoms with Crippen LogP contribution >= 0.6 is 0 Å². The maximum absolute atomic E-state index is 12.7. The number of nitrogens with zero attached hydrogens (tertiary/aromatic N) is 2. The number of hydrogen-bond acceptors (Lipinski definition) is 6. The van der Waals surface area contributed by atoms with Crippen molar-refractivity contribution in [3.8, 4) is 0 Å². The smallest absolute Gasteiger partial charge is 0.358 e. The van der Waals surface area contributed by atoms with Crippen LogP contribution in [0, 0.1) is 0 Å². The van der Waals surface area contributed by atoms with Crippen LogP contribution in [0.4, 0.5) is 24.9 Å². The van der Waals surface area contributed by atoms with E-state index >= 15 is 0 Å². The zero-order chi connectivity index (χ0) is 14.8. The van der Waals surface area contributed by atoms with Crippen molar-refractivity contribution in [2.75, 3.05) is 17.3 Å². The Hall–Kier alpha value is -2.10. The van der Waals surface area contributed by atoms with Crippen molar-refractivity contribution in [3.05, 3.63) is 11.8 Å². The van der Waals surface area contributed by atoms with E-state index in [2.05, 4.69) is 20.6 Å². The maximum Gasteiger partial charge on any atom is 0.433 e. The molecule has 110 valence electrons. The Balaban J connectivity index is 2.24. The van der Waals surface area contributed by atoms with Crippen LogP contribution in [-0.2, 0) is 11.0 Å². The molecule has 20 heavy (non-hydrogen) atoms. The number of nitrogen functional groups attached to an aromatic ring is 1. The molecule has 0 spiro atoms. The van der Waals surface area contributed by atoms with E-state index in [-0.39, 0.29) is 17.7 Å². The lowest BCUT2D eigenvalue weighted by atomic mass is 10.1. The molecule has 1 amide bonds. The number of aromatic nitrogens is 2. The van der Waals surface area contributed by atoms with E-state index in [1.807, 2.05) is 5.43 Å². The van der Waals surface area contributed by atoms with Gasteiger partial charge in [-0.3, -0.25) is 10.2 Å². The van der Waals surface area contributed by atoms with Crippen molar-refractivity contribution in [3.63, 3.8) is 0 Å². The molecule has 0 radical (unpaired) electrons. The molecule has 1 aliphatic heterocycles. The van der Waals surface area contributed by atoms with Gasteiger partial charge in [-0.1, -0.05) is 0 Å². The fourth-order valence-electron chi connectivity index (χ4n) is 1.82. The van der Waals surface area contributed by atoms with Crippen LogP contribution in [-0.4, -0.2) is 28.5 Å². The fourth-order valence-corrected chi connectivity index (χ4v) is 1.82. The number of hydrazine groups is 1. The largest absolute Gasteiger partial charge is 0.433 e. The Morgan fingerprint density at radius 3 is 2.75 bits per heavy atom. The van der Waals surface area contributed by atoms with Crippen molar-refractivity contribution < 1.29 is 18.0 Å². The number of nitrogens with one attached hydrogen (secondary N) is 3. The molecule has 1 aliphatic rings. The summed E-state index contributed by atoms with van der Waals surface area (Å²) in [7, 11) is 0. The SMILES string of the molecule is NNc1nc(NC2CCCNC2=O)cc(C(F)(F)F)n1. The number of halogens is 3. The number of hydrogen-bond donors (Lipinski definition) is 4. The van der Waals surface area contributed by atoms with Gasteiger partial charge in [0.15, 0.2) is 5.69 Å². The highest BCUT2D eigenvalue weighted by Gasteiger charge is 2.34. The number of carbonyl (C=O) groups is 1. The molecule has 7 nitrogen and oxygen atoms in total. The third-order valence-electron chi connectivity index (χ3n) is 2.75. The molecule has 1 aromatic rings. The Kier molecular flexibility index (Phi) is 3.93. The number of anilines is 2. The zero-order valence-electron chi connectivity index (χ0n) is 10.3. The van der Waals surface area contributed by atoms with Gasteiger partial charge in [-0.25, -0.2) is 10.8 Å². The molecule has 0 aromatic carbocycles. The molecule has 1 fully saturated rings. The summed E-state index contributed by atoms with van der Waals surface area (Å²) in [6, 6.07) is 0.119. The van der Waals surface area contributed by atoms with E-state index in [9.17, 15) is 18.0 Å². The minimum atomic E-state index is -4.63. The van der Waals surface area contributed by atoms with Crippen molar-refractivity contribution in [2.45, 2.75) is 25.1 Å². The first-order chi connectivity index (χ1) is 9.40. The van der Waals surface area contributed by atoms with Crippen LogP contribution in [0.5, 0.6) is 0 Å². The molecule has 10 heteroatoms. The van der Waals surface area contributed by atoms with Crippen LogP contribution in [0.15, 0.2) is 6.07 Å². The van der Waals surface area contributed by atoms with Crippen LogP contribution in [0.1, 0.15) is 18.5 Å². The molecule has 0 bridgehead atoms. The summed E-state index contributed by atoms with van der Waals surface area (Å²) in [6.07, 6.45) is -3.37. The molecule has 2 heterocycles. The van der Waals surface area contributed by atoms with Crippen molar-refractivity contribution in [1.82, 2.24) is 15.3 Å². The summed E-state index contributed by atoms with van der Waals surface area (Å²) in [5.41, 5.74) is 0.826. The Bertz CT molecular complexity index is 506. The van der Waals surface area contributed by atoms with Crippen LogP contribution in [0.25, 0.3) is 0 Å². The van der Waals surface area contributed by atoms with Gasteiger partial charge in [0.05, 0.1) is 0 Å². The molecule has 0 saturated carbocycles. The van der Waals surface area contributed by atoms with Gasteiger partial charge in [0.2, 0.25) is 11.9 Å². The van der Waals surface area contributed by atoms with E-state index in [1.165, 1.54) is 0 Å². The Morgan fingerprint density at radius 2 is 2.15 bits per heavy atom. The van der Waals surface area contributed by atoms with Gasteiger partial charge < -0.3 is 10.6 Å². The lowest BCUT2D eigenvalue weighted by Crippen LogP contribution is -2.44. The molecular weight excluding hydrogens is 277 g/mol. The van der Waals surface area contributed by atoms with Gasteiger partial charge in [0.25, 0.3) is 0 Å². The van der Waals surface area contributed by atoms with E-state index < -0.39 is 17.9 Å². The normalized spacial score (nSPS) is 19.4. The number of amides is 1. The monoisotopic (exact) mass is 290 g/mol. The van der Waals surface area contributed by atoms with Crippen LogP contribution in [0.2, 0.25) is 0 Å². The van der Waals surface area contributed by atoms with Gasteiger partial charge in [0, 0.05) is 12.6 Å². The fraction of sp³-hybridized carbons (Fsp3) is 0.500. The molecule has 1 atom stereocenters. The summed E-state index contributed by atoms with van der Waals surface area (Å²) in [5.74, 6) is 4.28. The molecule has 1 aromatic heterocycles. The summed E-state index contributed by atoms with van der Waals surface area (Å²) in [5, 5.41) is 5.28. The van der Waals surface area contributed by atoms with E-state index in [1.54, 1.807) is 0 Å². The maximum atomic E-state index is 12.7. The molecule has 2 rings (SSSR count). The van der Waals surface area contributed by atoms with Gasteiger partial charge >= 0.3 is 6.18 Å². The summed E-state index contributed by atoms with van der Waals surface area (Å²) < 4.78 is 38.0. The van der Waals surface area contributed by atoms with Crippen molar-refractivity contribution in [1.29, 1.82) is 0 Å². The second-order valence-corrected chi connectivity index (χ2v) is 4.23. The number of rotatable bonds is 3. The second-order valence-electron chi connectivity index (χ2n) is 4.23. The first-order valence-corrected chi connectivity index (χ1v) is 5.87. The number of alkyl halides is 3. The molecule has 5 N–H and O–H groups in total. The Morgan fingerprint density at radius 1 is 1.40 bits per heavy atom. The predicted octanol–water partition coefficient (Wildman–Crippen LogP) is 0.471. The average Bonchev–Trinajstić information content (AvgIpc) is 2.40. The van der Waals surface area contributed by atoms with Crippen molar-refractivity contribution >= 4 is 17.7 Å². The van der Waals surface area contributed by atoms with Gasteiger partial charge in [-0.2, -0.15) is 18.2 Å². The highest BCUT2D eigenvalue weighted by atomic mass is 19.4. The highest BCUT2D eigenvalue weighted by molar-refractivity contribution is 5.85. The lowest BCUT2D eigenvalue weighted by molar-refractivity contribution is -0.141. The van der Waals surface area contributed by atoms with E-state index in [0.717, 1.165) is 12.5 Å².